The maximum Gasteiger partial charge on any atom is 0.321 e. The van der Waals surface area contributed by atoms with Gasteiger partial charge in [-0.25, -0.2) is 4.79 Å². The Labute approximate surface area is 169 Å². The molecule has 2 aromatic rings. The Morgan fingerprint density at radius 2 is 1.82 bits per heavy atom. The Morgan fingerprint density at radius 1 is 1.14 bits per heavy atom. The number of rotatable bonds is 3. The van der Waals surface area contributed by atoms with Crippen LogP contribution in [-0.2, 0) is 4.84 Å². The largest absolute Gasteiger partial charge is 0.497 e. The van der Waals surface area contributed by atoms with E-state index in [1.165, 1.54) is 0 Å². The van der Waals surface area contributed by atoms with Crippen molar-refractivity contribution in [3.63, 3.8) is 0 Å². The predicted octanol–water partition coefficient (Wildman–Crippen LogP) is 4.29. The van der Waals surface area contributed by atoms with Crippen molar-refractivity contribution in [2.45, 2.75) is 18.4 Å². The number of nitrogens with one attached hydrogen (secondary N) is 2. The third-order valence-electron chi connectivity index (χ3n) is 5.17. The number of hydrogen-bond donors (Lipinski definition) is 2. The van der Waals surface area contributed by atoms with Gasteiger partial charge in [0.2, 0.25) is 0 Å². The standard InChI is InChI=1S/C21H22ClN3O3/c1-27-18-8-6-17(7-9-18)23-20(26)25-12-10-21(11-13-25)14-19(24-28-21)15-2-4-16(22)5-3-15/h2-9,14,24H,10-13H2,1H3,(H,23,26). The molecule has 6 nitrogen and oxygen atoms in total. The van der Waals surface area contributed by atoms with Crippen molar-refractivity contribution in [3.8, 4) is 5.75 Å². The van der Waals surface area contributed by atoms with Gasteiger partial charge < -0.3 is 15.0 Å². The molecule has 28 heavy (non-hydrogen) atoms. The minimum atomic E-state index is -0.383. The van der Waals surface area contributed by atoms with Crippen molar-refractivity contribution >= 4 is 29.0 Å². The normalized spacial score (nSPS) is 17.8. The van der Waals surface area contributed by atoms with Gasteiger partial charge in [-0.15, -0.1) is 0 Å². The molecule has 2 aromatic carbocycles. The van der Waals surface area contributed by atoms with Crippen LogP contribution in [0.5, 0.6) is 5.75 Å². The molecule has 2 aliphatic rings. The summed E-state index contributed by atoms with van der Waals surface area (Å²) in [5.41, 5.74) is 5.36. The van der Waals surface area contributed by atoms with E-state index >= 15 is 0 Å². The molecule has 2 N–H and O–H groups in total. The van der Waals surface area contributed by atoms with Gasteiger partial charge in [0.05, 0.1) is 12.8 Å². The predicted molar refractivity (Wildman–Crippen MR) is 109 cm³/mol. The second kappa shape index (κ2) is 7.73. The summed E-state index contributed by atoms with van der Waals surface area (Å²) >= 11 is 5.96. The summed E-state index contributed by atoms with van der Waals surface area (Å²) in [6.07, 6.45) is 3.58. The molecule has 0 aliphatic carbocycles. The van der Waals surface area contributed by atoms with E-state index in [1.54, 1.807) is 7.11 Å². The number of halogens is 1. The van der Waals surface area contributed by atoms with Crippen molar-refractivity contribution in [1.29, 1.82) is 0 Å². The van der Waals surface area contributed by atoms with Crippen molar-refractivity contribution in [3.05, 3.63) is 65.2 Å². The number of hydroxylamine groups is 1. The molecule has 0 bridgehead atoms. The van der Waals surface area contributed by atoms with E-state index < -0.39 is 0 Å². The van der Waals surface area contributed by atoms with Crippen molar-refractivity contribution in [2.24, 2.45) is 0 Å². The lowest BCUT2D eigenvalue weighted by atomic mass is 9.90. The zero-order chi connectivity index (χ0) is 19.6. The minimum Gasteiger partial charge on any atom is -0.497 e. The van der Waals surface area contributed by atoms with Crippen LogP contribution in [0.2, 0.25) is 5.02 Å². The molecular weight excluding hydrogens is 378 g/mol. The van der Waals surface area contributed by atoms with Gasteiger partial charge in [0.25, 0.3) is 0 Å². The van der Waals surface area contributed by atoms with E-state index in [0.29, 0.717) is 18.1 Å². The maximum atomic E-state index is 12.5. The van der Waals surface area contributed by atoms with Crippen molar-refractivity contribution in [2.75, 3.05) is 25.5 Å². The summed E-state index contributed by atoms with van der Waals surface area (Å²) in [6, 6.07) is 14.8. The molecule has 7 heteroatoms. The topological polar surface area (TPSA) is 62.8 Å². The Kier molecular flexibility index (Phi) is 5.15. The third-order valence-corrected chi connectivity index (χ3v) is 5.42. The molecule has 1 fully saturated rings. The molecular formula is C21H22ClN3O3. The number of benzene rings is 2. The first kappa shape index (κ1) is 18.7. The van der Waals surface area contributed by atoms with Gasteiger partial charge in [0.1, 0.15) is 11.4 Å². The molecule has 1 spiro atoms. The van der Waals surface area contributed by atoms with Gasteiger partial charge in [-0.2, -0.15) is 0 Å². The van der Waals surface area contributed by atoms with Crippen LogP contribution in [0.15, 0.2) is 54.6 Å². The molecule has 2 heterocycles. The number of methoxy groups -OCH3 is 1. The molecule has 0 radical (unpaired) electrons. The summed E-state index contributed by atoms with van der Waals surface area (Å²) in [5.74, 6) is 0.757. The minimum absolute atomic E-state index is 0.104. The van der Waals surface area contributed by atoms with Gasteiger partial charge in [-0.1, -0.05) is 23.7 Å². The van der Waals surface area contributed by atoms with Crippen molar-refractivity contribution < 1.29 is 14.4 Å². The molecule has 0 atom stereocenters. The van der Waals surface area contributed by atoms with Crippen LogP contribution >= 0.6 is 11.6 Å². The molecule has 0 saturated carbocycles. The number of ether oxygens (including phenoxy) is 1. The molecule has 2 aliphatic heterocycles. The van der Waals surface area contributed by atoms with E-state index in [0.717, 1.165) is 35.5 Å². The second-order valence-corrected chi connectivity index (χ2v) is 7.42. The first-order valence-corrected chi connectivity index (χ1v) is 9.57. The monoisotopic (exact) mass is 399 g/mol. The lowest BCUT2D eigenvalue weighted by Crippen LogP contribution is -2.48. The fourth-order valence-electron chi connectivity index (χ4n) is 3.46. The van der Waals surface area contributed by atoms with Crippen LogP contribution < -0.4 is 15.5 Å². The fraction of sp³-hybridized carbons (Fsp3) is 0.286. The molecule has 4 rings (SSSR count). The summed E-state index contributed by atoms with van der Waals surface area (Å²) < 4.78 is 5.14. The van der Waals surface area contributed by atoms with E-state index in [-0.39, 0.29) is 11.6 Å². The molecule has 1 saturated heterocycles. The highest BCUT2D eigenvalue weighted by Crippen LogP contribution is 2.35. The van der Waals surface area contributed by atoms with Crippen LogP contribution in [0.25, 0.3) is 5.70 Å². The van der Waals surface area contributed by atoms with Crippen LogP contribution in [-0.4, -0.2) is 36.7 Å². The Balaban J connectivity index is 1.36. The summed E-state index contributed by atoms with van der Waals surface area (Å²) in [5, 5.41) is 3.63. The van der Waals surface area contributed by atoms with Gasteiger partial charge in [0, 0.05) is 36.6 Å². The average Bonchev–Trinajstić information content (AvgIpc) is 3.13. The first-order chi connectivity index (χ1) is 13.6. The van der Waals surface area contributed by atoms with Crippen LogP contribution in [0.1, 0.15) is 18.4 Å². The average molecular weight is 400 g/mol. The second-order valence-electron chi connectivity index (χ2n) is 6.98. The number of carbonyl (C=O) groups excluding carboxylic acids is 1. The summed E-state index contributed by atoms with van der Waals surface area (Å²) in [4.78, 5) is 20.3. The van der Waals surface area contributed by atoms with Crippen molar-refractivity contribution in [1.82, 2.24) is 10.4 Å². The number of carbonyl (C=O) groups is 1. The Morgan fingerprint density at radius 3 is 2.46 bits per heavy atom. The lowest BCUT2D eigenvalue weighted by Gasteiger charge is -2.36. The number of amides is 2. The van der Waals surface area contributed by atoms with E-state index in [9.17, 15) is 4.79 Å². The highest BCUT2D eigenvalue weighted by Gasteiger charge is 2.39. The van der Waals surface area contributed by atoms with Gasteiger partial charge >= 0.3 is 6.03 Å². The SMILES string of the molecule is COc1ccc(NC(=O)N2CCC3(C=C(c4ccc(Cl)cc4)NO3)CC2)cc1. The summed E-state index contributed by atoms with van der Waals surface area (Å²) in [7, 11) is 1.61. The number of urea groups is 1. The molecule has 0 aromatic heterocycles. The zero-order valence-corrected chi connectivity index (χ0v) is 16.3. The van der Waals surface area contributed by atoms with E-state index in [1.807, 2.05) is 53.4 Å². The molecule has 146 valence electrons. The number of piperidine rings is 1. The molecule has 0 unspecified atom stereocenters. The number of nitrogens with zero attached hydrogens (tertiary/aromatic N) is 1. The van der Waals surface area contributed by atoms with Gasteiger partial charge in [0.15, 0.2) is 0 Å². The third kappa shape index (κ3) is 3.93. The first-order valence-electron chi connectivity index (χ1n) is 9.20. The van der Waals surface area contributed by atoms with Crippen LogP contribution in [0, 0.1) is 0 Å². The van der Waals surface area contributed by atoms with Gasteiger partial charge in [-0.3, -0.25) is 10.3 Å². The lowest BCUT2D eigenvalue weighted by molar-refractivity contribution is -0.0634. The Bertz CT molecular complexity index is 873. The quantitative estimate of drug-likeness (QED) is 0.808. The number of anilines is 1. The highest BCUT2D eigenvalue weighted by molar-refractivity contribution is 6.30. The fourth-order valence-corrected chi connectivity index (χ4v) is 3.59. The molecule has 2 amide bonds. The number of likely N-dealkylation sites (tertiary alicyclic amines) is 1. The Hall–Kier alpha value is -2.70. The van der Waals surface area contributed by atoms with Crippen LogP contribution in [0.3, 0.4) is 0 Å². The zero-order valence-electron chi connectivity index (χ0n) is 15.6. The summed E-state index contributed by atoms with van der Waals surface area (Å²) in [6.45, 7) is 1.24. The van der Waals surface area contributed by atoms with E-state index in [4.69, 9.17) is 21.2 Å². The maximum absolute atomic E-state index is 12.5. The van der Waals surface area contributed by atoms with Crippen LogP contribution in [0.4, 0.5) is 10.5 Å². The number of hydrogen-bond acceptors (Lipinski definition) is 4. The smallest absolute Gasteiger partial charge is 0.321 e. The van der Waals surface area contributed by atoms with E-state index in [2.05, 4.69) is 16.9 Å². The van der Waals surface area contributed by atoms with Gasteiger partial charge in [-0.05, 0) is 48.0 Å². The highest BCUT2D eigenvalue weighted by atomic mass is 35.5.